The van der Waals surface area contributed by atoms with Crippen LogP contribution in [0.3, 0.4) is 0 Å². The molecule has 4 rings (SSSR count). The number of para-hydroxylation sites is 1. The van der Waals surface area contributed by atoms with Crippen LogP contribution in [0.4, 0.5) is 5.69 Å². The summed E-state index contributed by atoms with van der Waals surface area (Å²) >= 11 is 3.49. The number of nitriles is 1. The largest absolute Gasteiger partial charge is 0.490 e. The highest BCUT2D eigenvalue weighted by molar-refractivity contribution is 9.10. The number of nitrogens with zero attached hydrogens (tertiary/aromatic N) is 2. The van der Waals surface area contributed by atoms with Gasteiger partial charge >= 0.3 is 0 Å². The van der Waals surface area contributed by atoms with Crippen molar-refractivity contribution in [2.75, 3.05) is 13.2 Å². The van der Waals surface area contributed by atoms with Crippen molar-refractivity contribution in [1.82, 2.24) is 10.3 Å². The molecular formula is C29H25BrN4O5. The fraction of sp³-hybridized carbons (Fsp3) is 0.172. The van der Waals surface area contributed by atoms with Crippen LogP contribution in [0.25, 0.3) is 17.0 Å². The Hall–Kier alpha value is -4.62. The van der Waals surface area contributed by atoms with Gasteiger partial charge in [0, 0.05) is 40.2 Å². The third kappa shape index (κ3) is 6.83. The van der Waals surface area contributed by atoms with Crippen LogP contribution in [-0.2, 0) is 17.8 Å². The molecule has 1 aromatic heterocycles. The summed E-state index contributed by atoms with van der Waals surface area (Å²) in [6.45, 7) is 2.75. The van der Waals surface area contributed by atoms with Gasteiger partial charge in [0.25, 0.3) is 11.6 Å². The average molecular weight is 589 g/mol. The number of aromatic amines is 1. The topological polar surface area (TPSA) is 130 Å². The Morgan fingerprint density at radius 1 is 1.15 bits per heavy atom. The Morgan fingerprint density at radius 3 is 2.62 bits per heavy atom. The third-order valence-corrected chi connectivity index (χ3v) is 6.61. The summed E-state index contributed by atoms with van der Waals surface area (Å²) in [6.07, 6.45) is 4.04. The van der Waals surface area contributed by atoms with E-state index in [2.05, 4.69) is 26.2 Å². The lowest BCUT2D eigenvalue weighted by molar-refractivity contribution is -0.384. The third-order valence-electron chi connectivity index (χ3n) is 5.92. The second-order valence-corrected chi connectivity index (χ2v) is 9.36. The molecule has 10 heteroatoms. The molecule has 4 aromatic rings. The van der Waals surface area contributed by atoms with Gasteiger partial charge in [-0.25, -0.2) is 0 Å². The van der Waals surface area contributed by atoms with Gasteiger partial charge in [-0.2, -0.15) is 5.26 Å². The van der Waals surface area contributed by atoms with E-state index in [0.29, 0.717) is 41.1 Å². The normalized spacial score (nSPS) is 11.2. The van der Waals surface area contributed by atoms with Crippen molar-refractivity contribution in [2.45, 2.75) is 20.0 Å². The molecule has 198 valence electrons. The number of carbonyl (C=O) groups is 1. The summed E-state index contributed by atoms with van der Waals surface area (Å²) in [5, 5.41) is 24.5. The molecule has 0 fully saturated rings. The van der Waals surface area contributed by atoms with Gasteiger partial charge in [-0.1, -0.05) is 34.1 Å². The van der Waals surface area contributed by atoms with Gasteiger partial charge in [0.15, 0.2) is 11.5 Å². The van der Waals surface area contributed by atoms with Crippen molar-refractivity contribution < 1.29 is 19.2 Å². The average Bonchev–Trinajstić information content (AvgIpc) is 3.35. The Labute approximate surface area is 233 Å². The van der Waals surface area contributed by atoms with E-state index in [4.69, 9.17) is 9.47 Å². The molecule has 1 amide bonds. The minimum absolute atomic E-state index is 0.00272. The first kappa shape index (κ1) is 27.4. The Balaban J connectivity index is 1.45. The lowest BCUT2D eigenvalue weighted by atomic mass is 10.1. The van der Waals surface area contributed by atoms with Crippen LogP contribution in [0.2, 0.25) is 0 Å². The molecule has 1 heterocycles. The number of ether oxygens (including phenoxy) is 2. The highest BCUT2D eigenvalue weighted by Crippen LogP contribution is 2.35. The van der Waals surface area contributed by atoms with E-state index in [1.165, 1.54) is 18.2 Å². The number of fused-ring (bicyclic) bond motifs is 1. The minimum atomic E-state index is -0.472. The van der Waals surface area contributed by atoms with E-state index in [-0.39, 0.29) is 17.9 Å². The van der Waals surface area contributed by atoms with Crippen molar-refractivity contribution in [2.24, 2.45) is 0 Å². The SMILES string of the molecule is CCOc1cc(/C=C(/C#N)C(=O)NCCc2c[nH]c3ccccc23)c(Br)cc1OCc1ccc([N+](=O)[O-])cc1. The number of hydrogen-bond donors (Lipinski definition) is 2. The van der Waals surface area contributed by atoms with E-state index >= 15 is 0 Å². The molecule has 9 nitrogen and oxygen atoms in total. The molecule has 3 aromatic carbocycles. The molecule has 0 atom stereocenters. The Morgan fingerprint density at radius 2 is 1.90 bits per heavy atom. The van der Waals surface area contributed by atoms with Crippen molar-refractivity contribution in [1.29, 1.82) is 5.26 Å². The lowest BCUT2D eigenvalue weighted by Crippen LogP contribution is -2.26. The second kappa shape index (κ2) is 12.8. The van der Waals surface area contributed by atoms with Gasteiger partial charge in [0.2, 0.25) is 0 Å². The summed E-state index contributed by atoms with van der Waals surface area (Å²) in [5.74, 6) is 0.410. The fourth-order valence-electron chi connectivity index (χ4n) is 3.97. The van der Waals surface area contributed by atoms with Crippen LogP contribution >= 0.6 is 15.9 Å². The van der Waals surface area contributed by atoms with E-state index in [1.54, 1.807) is 24.3 Å². The lowest BCUT2D eigenvalue weighted by Gasteiger charge is -2.14. The van der Waals surface area contributed by atoms with Gasteiger partial charge in [0.05, 0.1) is 11.5 Å². The first-order chi connectivity index (χ1) is 18.9. The number of nitro groups is 1. The smallest absolute Gasteiger partial charge is 0.269 e. The van der Waals surface area contributed by atoms with Gasteiger partial charge in [0.1, 0.15) is 18.2 Å². The predicted molar refractivity (Wildman–Crippen MR) is 151 cm³/mol. The number of halogens is 1. The first-order valence-electron chi connectivity index (χ1n) is 12.2. The monoisotopic (exact) mass is 588 g/mol. The molecule has 0 radical (unpaired) electrons. The maximum absolute atomic E-state index is 12.8. The zero-order valence-corrected chi connectivity index (χ0v) is 22.7. The summed E-state index contributed by atoms with van der Waals surface area (Å²) in [7, 11) is 0. The predicted octanol–water partition coefficient (Wildman–Crippen LogP) is 6.08. The molecule has 0 unspecified atom stereocenters. The second-order valence-electron chi connectivity index (χ2n) is 8.50. The minimum Gasteiger partial charge on any atom is -0.490 e. The number of non-ortho nitro benzene ring substituents is 1. The molecule has 0 saturated carbocycles. The molecule has 0 spiro atoms. The number of rotatable bonds is 11. The van der Waals surface area contributed by atoms with Gasteiger partial charge in [-0.05, 0) is 66.4 Å². The quantitative estimate of drug-likeness (QED) is 0.0944. The summed E-state index contributed by atoms with van der Waals surface area (Å²) in [5.41, 5.74) is 3.40. The number of nitrogens with one attached hydrogen (secondary N) is 2. The highest BCUT2D eigenvalue weighted by atomic mass is 79.9. The molecule has 0 aliphatic carbocycles. The number of hydrogen-bond acceptors (Lipinski definition) is 6. The van der Waals surface area contributed by atoms with Crippen LogP contribution in [-0.4, -0.2) is 29.0 Å². The highest BCUT2D eigenvalue weighted by Gasteiger charge is 2.15. The summed E-state index contributed by atoms with van der Waals surface area (Å²) < 4.78 is 12.3. The maximum atomic E-state index is 12.8. The van der Waals surface area contributed by atoms with Crippen LogP contribution in [0, 0.1) is 21.4 Å². The van der Waals surface area contributed by atoms with Crippen LogP contribution in [0.1, 0.15) is 23.6 Å². The van der Waals surface area contributed by atoms with Crippen LogP contribution in [0.5, 0.6) is 11.5 Å². The van der Waals surface area contributed by atoms with Gasteiger partial charge in [-0.15, -0.1) is 0 Å². The zero-order valence-electron chi connectivity index (χ0n) is 21.1. The standard InChI is InChI=1S/C29H25BrN4O5/c1-2-38-27-14-21(25(30)15-28(27)39-18-19-7-9-23(10-8-19)34(36)37)13-22(16-31)29(35)32-12-11-20-17-33-26-6-4-3-5-24(20)26/h3-10,13-15,17,33H,2,11-12,18H2,1H3,(H,32,35)/b22-13-. The maximum Gasteiger partial charge on any atom is 0.269 e. The number of amides is 1. The van der Waals surface area contributed by atoms with E-state index in [0.717, 1.165) is 22.0 Å². The van der Waals surface area contributed by atoms with Gasteiger partial charge in [-0.3, -0.25) is 14.9 Å². The summed E-state index contributed by atoms with van der Waals surface area (Å²) in [4.78, 5) is 26.4. The number of H-pyrrole nitrogens is 1. The molecule has 2 N–H and O–H groups in total. The van der Waals surface area contributed by atoms with Crippen LogP contribution in [0.15, 0.2) is 76.9 Å². The van der Waals surface area contributed by atoms with E-state index < -0.39 is 10.8 Å². The summed E-state index contributed by atoms with van der Waals surface area (Å²) in [6, 6.07) is 19.4. The molecule has 0 bridgehead atoms. The van der Waals surface area contributed by atoms with Gasteiger partial charge < -0.3 is 19.8 Å². The Kier molecular flexibility index (Phi) is 8.97. The molecule has 39 heavy (non-hydrogen) atoms. The number of benzene rings is 3. The first-order valence-corrected chi connectivity index (χ1v) is 13.0. The molecular weight excluding hydrogens is 564 g/mol. The van der Waals surface area contributed by atoms with E-state index in [1.807, 2.05) is 43.5 Å². The molecule has 0 saturated heterocycles. The molecule has 0 aliphatic heterocycles. The fourth-order valence-corrected chi connectivity index (χ4v) is 4.40. The van der Waals surface area contributed by atoms with Crippen molar-refractivity contribution in [3.05, 3.63) is 104 Å². The van der Waals surface area contributed by atoms with Crippen molar-refractivity contribution in [3.63, 3.8) is 0 Å². The van der Waals surface area contributed by atoms with E-state index in [9.17, 15) is 20.2 Å². The number of carbonyl (C=O) groups excluding carboxylic acids is 1. The molecule has 0 aliphatic rings. The Bertz CT molecular complexity index is 1570. The number of aromatic nitrogens is 1. The number of nitro benzene ring substituents is 1. The zero-order chi connectivity index (χ0) is 27.8. The van der Waals surface area contributed by atoms with Crippen LogP contribution < -0.4 is 14.8 Å². The van der Waals surface area contributed by atoms with Crippen molar-refractivity contribution >= 4 is 44.5 Å². The van der Waals surface area contributed by atoms with Crippen molar-refractivity contribution in [3.8, 4) is 17.6 Å².